The largest absolute Gasteiger partial charge is 0.491 e. The van der Waals surface area contributed by atoms with Gasteiger partial charge in [0.2, 0.25) is 0 Å². The van der Waals surface area contributed by atoms with Gasteiger partial charge in [0, 0.05) is 6.20 Å². The second-order valence-corrected chi connectivity index (χ2v) is 5.15. The number of benzene rings is 1. The predicted molar refractivity (Wildman–Crippen MR) is 83.2 cm³/mol. The van der Waals surface area contributed by atoms with Crippen molar-refractivity contribution >= 4 is 5.69 Å². The molecular formula is C17H21FN2O. The zero-order valence-electron chi connectivity index (χ0n) is 12.7. The molecule has 0 amide bonds. The highest BCUT2D eigenvalue weighted by molar-refractivity contribution is 5.58. The number of halogens is 1. The van der Waals surface area contributed by atoms with Gasteiger partial charge in [-0.25, -0.2) is 4.39 Å². The smallest absolute Gasteiger partial charge is 0.142 e. The molecule has 0 radical (unpaired) electrons. The van der Waals surface area contributed by atoms with Crippen LogP contribution in [0.4, 0.5) is 10.1 Å². The Labute approximate surface area is 125 Å². The summed E-state index contributed by atoms with van der Waals surface area (Å²) in [5.74, 6) is 0.501. The standard InChI is InChI=1S/C17H21FN2O/c1-4-7-21-17-8-12(2)5-6-16(17)20-13(3)14-9-15(18)11-19-10-14/h5-6,8-11,13,20H,4,7H2,1-3H3. The highest BCUT2D eigenvalue weighted by Crippen LogP contribution is 2.29. The van der Waals surface area contributed by atoms with Gasteiger partial charge in [-0.3, -0.25) is 4.98 Å². The predicted octanol–water partition coefficient (Wildman–Crippen LogP) is 4.49. The van der Waals surface area contributed by atoms with Crippen LogP contribution in [0, 0.1) is 12.7 Å². The van der Waals surface area contributed by atoms with Crippen LogP contribution in [0.5, 0.6) is 5.75 Å². The molecule has 0 aliphatic rings. The van der Waals surface area contributed by atoms with Crippen molar-refractivity contribution in [1.82, 2.24) is 4.98 Å². The maximum absolute atomic E-state index is 13.3. The van der Waals surface area contributed by atoms with Crippen LogP contribution in [0.3, 0.4) is 0 Å². The number of hydrogen-bond donors (Lipinski definition) is 1. The summed E-state index contributed by atoms with van der Waals surface area (Å²) in [6, 6.07) is 7.46. The number of aryl methyl sites for hydroxylation is 1. The minimum absolute atomic E-state index is 0.0557. The molecule has 1 N–H and O–H groups in total. The lowest BCUT2D eigenvalue weighted by Gasteiger charge is -2.19. The van der Waals surface area contributed by atoms with Crippen LogP contribution in [0.25, 0.3) is 0 Å². The fourth-order valence-electron chi connectivity index (χ4n) is 2.06. The number of aromatic nitrogens is 1. The summed E-state index contributed by atoms with van der Waals surface area (Å²) in [6.45, 7) is 6.75. The molecule has 4 heteroatoms. The summed E-state index contributed by atoms with van der Waals surface area (Å²) in [6.07, 6.45) is 3.83. The highest BCUT2D eigenvalue weighted by atomic mass is 19.1. The van der Waals surface area contributed by atoms with Crippen molar-refractivity contribution in [2.75, 3.05) is 11.9 Å². The van der Waals surface area contributed by atoms with Gasteiger partial charge in [-0.1, -0.05) is 13.0 Å². The van der Waals surface area contributed by atoms with Crippen molar-refractivity contribution in [3.63, 3.8) is 0 Å². The molecule has 1 aromatic carbocycles. The molecule has 1 heterocycles. The molecule has 21 heavy (non-hydrogen) atoms. The van der Waals surface area contributed by atoms with Crippen LogP contribution >= 0.6 is 0 Å². The van der Waals surface area contributed by atoms with E-state index in [-0.39, 0.29) is 11.9 Å². The normalized spacial score (nSPS) is 12.0. The molecule has 0 aliphatic carbocycles. The maximum Gasteiger partial charge on any atom is 0.142 e. The van der Waals surface area contributed by atoms with Gasteiger partial charge in [0.05, 0.1) is 24.5 Å². The van der Waals surface area contributed by atoms with Crippen LogP contribution < -0.4 is 10.1 Å². The summed E-state index contributed by atoms with van der Waals surface area (Å²) in [5, 5.41) is 3.36. The second kappa shape index (κ2) is 7.07. The van der Waals surface area contributed by atoms with Gasteiger partial charge in [0.15, 0.2) is 0 Å². The zero-order valence-corrected chi connectivity index (χ0v) is 12.7. The Morgan fingerprint density at radius 2 is 2.10 bits per heavy atom. The molecule has 1 unspecified atom stereocenters. The van der Waals surface area contributed by atoms with Crippen LogP contribution in [0.2, 0.25) is 0 Å². The van der Waals surface area contributed by atoms with Gasteiger partial charge in [-0.2, -0.15) is 0 Å². The number of pyridine rings is 1. The van der Waals surface area contributed by atoms with Gasteiger partial charge < -0.3 is 10.1 Å². The Morgan fingerprint density at radius 1 is 1.29 bits per heavy atom. The minimum atomic E-state index is -0.326. The molecule has 0 saturated heterocycles. The van der Waals surface area contributed by atoms with Crippen LogP contribution in [-0.4, -0.2) is 11.6 Å². The average Bonchev–Trinajstić information content (AvgIpc) is 2.47. The fraction of sp³-hybridized carbons (Fsp3) is 0.353. The lowest BCUT2D eigenvalue weighted by molar-refractivity contribution is 0.318. The Balaban J connectivity index is 2.18. The van der Waals surface area contributed by atoms with E-state index in [2.05, 4.69) is 17.2 Å². The molecule has 2 rings (SSSR count). The number of nitrogens with zero attached hydrogens (tertiary/aromatic N) is 1. The average molecular weight is 288 g/mol. The number of hydrogen-bond acceptors (Lipinski definition) is 3. The molecule has 1 atom stereocenters. The molecule has 2 aromatic rings. The number of anilines is 1. The Bertz CT molecular complexity index is 601. The first-order valence-electron chi connectivity index (χ1n) is 7.20. The summed E-state index contributed by atoms with van der Waals surface area (Å²) < 4.78 is 19.0. The van der Waals surface area contributed by atoms with Gasteiger partial charge >= 0.3 is 0 Å². The summed E-state index contributed by atoms with van der Waals surface area (Å²) >= 11 is 0. The summed E-state index contributed by atoms with van der Waals surface area (Å²) in [5.41, 5.74) is 2.86. The lowest BCUT2D eigenvalue weighted by atomic mass is 10.1. The molecule has 0 spiro atoms. The van der Waals surface area contributed by atoms with Crippen molar-refractivity contribution in [2.24, 2.45) is 0 Å². The first-order chi connectivity index (χ1) is 10.1. The lowest BCUT2D eigenvalue weighted by Crippen LogP contribution is -2.09. The Kier molecular flexibility index (Phi) is 5.14. The van der Waals surface area contributed by atoms with Gasteiger partial charge in [-0.05, 0) is 49.6 Å². The number of rotatable bonds is 6. The second-order valence-electron chi connectivity index (χ2n) is 5.15. The van der Waals surface area contributed by atoms with E-state index in [0.29, 0.717) is 6.61 Å². The van der Waals surface area contributed by atoms with Gasteiger partial charge in [0.1, 0.15) is 11.6 Å². The van der Waals surface area contributed by atoms with Gasteiger partial charge in [0.25, 0.3) is 0 Å². The van der Waals surface area contributed by atoms with Crippen molar-refractivity contribution in [3.05, 3.63) is 53.6 Å². The van der Waals surface area contributed by atoms with E-state index in [1.807, 2.05) is 32.0 Å². The third-order valence-electron chi connectivity index (χ3n) is 3.20. The van der Waals surface area contributed by atoms with Crippen molar-refractivity contribution in [3.8, 4) is 5.75 Å². The summed E-state index contributed by atoms with van der Waals surface area (Å²) in [7, 11) is 0. The molecule has 0 saturated carbocycles. The molecule has 0 bridgehead atoms. The van der Waals surface area contributed by atoms with Crippen molar-refractivity contribution < 1.29 is 9.13 Å². The monoisotopic (exact) mass is 288 g/mol. The van der Waals surface area contributed by atoms with E-state index >= 15 is 0 Å². The first kappa shape index (κ1) is 15.3. The third-order valence-corrected chi connectivity index (χ3v) is 3.20. The Morgan fingerprint density at radius 3 is 2.81 bits per heavy atom. The minimum Gasteiger partial charge on any atom is -0.491 e. The van der Waals surface area contributed by atoms with Crippen LogP contribution in [-0.2, 0) is 0 Å². The number of ether oxygens (including phenoxy) is 1. The SMILES string of the molecule is CCCOc1cc(C)ccc1NC(C)c1cncc(F)c1. The summed E-state index contributed by atoms with van der Waals surface area (Å²) in [4.78, 5) is 3.89. The molecular weight excluding hydrogens is 267 g/mol. The molecule has 112 valence electrons. The van der Waals surface area contributed by atoms with E-state index in [4.69, 9.17) is 4.74 Å². The van der Waals surface area contributed by atoms with E-state index in [1.165, 1.54) is 12.3 Å². The Hall–Kier alpha value is -2.10. The van der Waals surface area contributed by atoms with Crippen molar-refractivity contribution in [1.29, 1.82) is 0 Å². The molecule has 1 aromatic heterocycles. The first-order valence-corrected chi connectivity index (χ1v) is 7.20. The van der Waals surface area contributed by atoms with E-state index < -0.39 is 0 Å². The zero-order chi connectivity index (χ0) is 15.2. The maximum atomic E-state index is 13.3. The fourth-order valence-corrected chi connectivity index (χ4v) is 2.06. The number of nitrogens with one attached hydrogen (secondary N) is 1. The molecule has 3 nitrogen and oxygen atoms in total. The van der Waals surface area contributed by atoms with Gasteiger partial charge in [-0.15, -0.1) is 0 Å². The van der Waals surface area contributed by atoms with Crippen LogP contribution in [0.15, 0.2) is 36.7 Å². The van der Waals surface area contributed by atoms with Crippen molar-refractivity contribution in [2.45, 2.75) is 33.2 Å². The van der Waals surface area contributed by atoms with E-state index in [1.54, 1.807) is 6.20 Å². The highest BCUT2D eigenvalue weighted by Gasteiger charge is 2.10. The topological polar surface area (TPSA) is 34.1 Å². The van der Waals surface area contributed by atoms with Crippen LogP contribution in [0.1, 0.15) is 37.4 Å². The molecule has 0 fully saturated rings. The quantitative estimate of drug-likeness (QED) is 0.850. The molecule has 0 aliphatic heterocycles. The van der Waals surface area contributed by atoms with E-state index in [0.717, 1.165) is 29.0 Å². The third kappa shape index (κ3) is 4.18. The van der Waals surface area contributed by atoms with E-state index in [9.17, 15) is 4.39 Å².